The van der Waals surface area contributed by atoms with E-state index in [9.17, 15) is 0 Å². The summed E-state index contributed by atoms with van der Waals surface area (Å²) in [4.78, 5) is 4.08. The van der Waals surface area contributed by atoms with Crippen molar-refractivity contribution in [3.63, 3.8) is 0 Å². The van der Waals surface area contributed by atoms with Crippen molar-refractivity contribution in [1.29, 1.82) is 0 Å². The van der Waals surface area contributed by atoms with Crippen molar-refractivity contribution >= 4 is 40.5 Å². The second-order valence-corrected chi connectivity index (χ2v) is 4.77. The van der Waals surface area contributed by atoms with Gasteiger partial charge in [-0.2, -0.15) is 4.98 Å². The second kappa shape index (κ2) is 5.74. The number of halogens is 3. The molecule has 7 heteroatoms. The van der Waals surface area contributed by atoms with Crippen molar-refractivity contribution in [3.8, 4) is 17.5 Å². The summed E-state index contributed by atoms with van der Waals surface area (Å²) in [6.07, 6.45) is 0. The van der Waals surface area contributed by atoms with Gasteiger partial charge >= 0.3 is 0 Å². The molecule has 19 heavy (non-hydrogen) atoms. The molecule has 0 fully saturated rings. The van der Waals surface area contributed by atoms with Crippen LogP contribution in [-0.4, -0.2) is 12.1 Å². The summed E-state index contributed by atoms with van der Waals surface area (Å²) in [6, 6.07) is 6.22. The monoisotopic (exact) mass is 318 g/mol. The third-order valence-electron chi connectivity index (χ3n) is 2.25. The Bertz CT molecular complexity index is 620. The van der Waals surface area contributed by atoms with E-state index in [0.717, 1.165) is 0 Å². The van der Waals surface area contributed by atoms with Crippen molar-refractivity contribution in [1.82, 2.24) is 4.98 Å². The lowest BCUT2D eigenvalue weighted by atomic mass is 10.3. The van der Waals surface area contributed by atoms with Gasteiger partial charge < -0.3 is 15.2 Å². The topological polar surface area (TPSA) is 57.4 Å². The molecule has 0 aliphatic carbocycles. The lowest BCUT2D eigenvalue weighted by Crippen LogP contribution is -1.97. The van der Waals surface area contributed by atoms with Crippen molar-refractivity contribution < 1.29 is 9.47 Å². The molecule has 0 aliphatic heterocycles. The Labute approximate surface area is 125 Å². The molecule has 100 valence electrons. The second-order valence-electron chi connectivity index (χ2n) is 3.55. The van der Waals surface area contributed by atoms with Gasteiger partial charge in [0.15, 0.2) is 0 Å². The first-order valence-electron chi connectivity index (χ1n) is 5.14. The van der Waals surface area contributed by atoms with Gasteiger partial charge in [0.2, 0.25) is 11.8 Å². The van der Waals surface area contributed by atoms with E-state index in [1.54, 1.807) is 12.1 Å². The smallest absolute Gasteiger partial charge is 0.240 e. The maximum atomic E-state index is 6.00. The highest BCUT2D eigenvalue weighted by Crippen LogP contribution is 2.36. The minimum absolute atomic E-state index is 0.272. The zero-order valence-electron chi connectivity index (χ0n) is 9.78. The lowest BCUT2D eigenvalue weighted by molar-refractivity contribution is 0.385. The van der Waals surface area contributed by atoms with Crippen LogP contribution in [0.2, 0.25) is 15.1 Å². The Kier molecular flexibility index (Phi) is 4.24. The van der Waals surface area contributed by atoms with Gasteiger partial charge in [-0.1, -0.05) is 34.8 Å². The molecule has 0 amide bonds. The number of pyridine rings is 1. The molecule has 1 heterocycles. The predicted molar refractivity (Wildman–Crippen MR) is 76.7 cm³/mol. The summed E-state index contributed by atoms with van der Waals surface area (Å²) in [6.45, 7) is 0. The Morgan fingerprint density at radius 1 is 1.05 bits per heavy atom. The molecule has 1 aromatic heterocycles. The number of hydrogen-bond acceptors (Lipinski definition) is 4. The van der Waals surface area contributed by atoms with Crippen LogP contribution in [-0.2, 0) is 0 Å². The minimum atomic E-state index is 0.272. The van der Waals surface area contributed by atoms with Gasteiger partial charge in [-0.3, -0.25) is 0 Å². The van der Waals surface area contributed by atoms with Gasteiger partial charge in [0.25, 0.3) is 0 Å². The average molecular weight is 320 g/mol. The molecule has 0 unspecified atom stereocenters. The van der Waals surface area contributed by atoms with Gasteiger partial charge in [-0.15, -0.1) is 0 Å². The first-order chi connectivity index (χ1) is 9.01. The Hall–Kier alpha value is -1.36. The van der Waals surface area contributed by atoms with Gasteiger partial charge in [-0.05, 0) is 12.1 Å². The molecule has 1 aromatic carbocycles. The maximum absolute atomic E-state index is 6.00. The molecule has 2 N–H and O–H groups in total. The van der Waals surface area contributed by atoms with Crippen LogP contribution in [0.3, 0.4) is 0 Å². The molecule has 2 aromatic rings. The van der Waals surface area contributed by atoms with Gasteiger partial charge in [0, 0.05) is 12.1 Å². The highest BCUT2D eigenvalue weighted by molar-refractivity contribution is 6.43. The number of anilines is 1. The molecular weight excluding hydrogens is 311 g/mol. The van der Waals surface area contributed by atoms with E-state index in [4.69, 9.17) is 50.0 Å². The number of benzene rings is 1. The van der Waals surface area contributed by atoms with E-state index in [-0.39, 0.29) is 11.8 Å². The van der Waals surface area contributed by atoms with Gasteiger partial charge in [0.05, 0.1) is 27.9 Å². The number of nitrogens with zero attached hydrogens (tertiary/aromatic N) is 1. The van der Waals surface area contributed by atoms with Crippen molar-refractivity contribution in [2.75, 3.05) is 12.8 Å². The highest BCUT2D eigenvalue weighted by atomic mass is 35.5. The van der Waals surface area contributed by atoms with E-state index in [2.05, 4.69) is 4.98 Å². The molecule has 0 atom stereocenters. The normalized spacial score (nSPS) is 10.3. The maximum Gasteiger partial charge on any atom is 0.240 e. The van der Waals surface area contributed by atoms with Crippen LogP contribution in [0.15, 0.2) is 24.3 Å². The van der Waals surface area contributed by atoms with Crippen LogP contribution >= 0.6 is 34.8 Å². The van der Waals surface area contributed by atoms with Crippen LogP contribution in [0.5, 0.6) is 17.5 Å². The Balaban J connectivity index is 2.33. The largest absolute Gasteiger partial charge is 0.479 e. The number of rotatable bonds is 3. The Morgan fingerprint density at radius 2 is 1.74 bits per heavy atom. The lowest BCUT2D eigenvalue weighted by Gasteiger charge is -2.10. The summed E-state index contributed by atoms with van der Waals surface area (Å²) in [5.74, 6) is 0.899. The summed E-state index contributed by atoms with van der Waals surface area (Å²) in [5, 5.41) is 1.01. The minimum Gasteiger partial charge on any atom is -0.479 e. The molecule has 0 aliphatic rings. The summed E-state index contributed by atoms with van der Waals surface area (Å²) < 4.78 is 10.5. The van der Waals surface area contributed by atoms with Crippen molar-refractivity contribution in [2.24, 2.45) is 0 Å². The molecule has 2 rings (SSSR count). The fourth-order valence-electron chi connectivity index (χ4n) is 1.35. The fraction of sp³-hybridized carbons (Fsp3) is 0.0833. The highest BCUT2D eigenvalue weighted by Gasteiger charge is 2.10. The zero-order valence-corrected chi connectivity index (χ0v) is 12.1. The number of methoxy groups -OCH3 is 1. The first kappa shape index (κ1) is 14.1. The molecule has 0 saturated carbocycles. The molecule has 0 spiro atoms. The van der Waals surface area contributed by atoms with Gasteiger partial charge in [-0.25, -0.2) is 0 Å². The van der Waals surface area contributed by atoms with Crippen LogP contribution in [0.4, 0.5) is 5.69 Å². The standard InChI is InChI=1S/C12H9Cl3N2O2/c1-18-12-9(16)2-3-11(17-12)19-10-5-7(14)6(13)4-8(10)15/h2-5H,16H2,1H3. The summed E-state index contributed by atoms with van der Waals surface area (Å²) >= 11 is 17.7. The molecule has 0 radical (unpaired) electrons. The zero-order chi connectivity index (χ0) is 14.0. The molecule has 0 bridgehead atoms. The van der Waals surface area contributed by atoms with Crippen LogP contribution in [0, 0.1) is 0 Å². The van der Waals surface area contributed by atoms with Crippen molar-refractivity contribution in [3.05, 3.63) is 39.3 Å². The average Bonchev–Trinajstić information content (AvgIpc) is 2.38. The third-order valence-corrected chi connectivity index (χ3v) is 3.26. The van der Waals surface area contributed by atoms with Crippen LogP contribution < -0.4 is 15.2 Å². The number of aromatic nitrogens is 1. The summed E-state index contributed by atoms with van der Waals surface area (Å²) in [7, 11) is 1.47. The van der Waals surface area contributed by atoms with E-state index in [1.165, 1.54) is 19.2 Å². The van der Waals surface area contributed by atoms with E-state index >= 15 is 0 Å². The van der Waals surface area contributed by atoms with E-state index < -0.39 is 0 Å². The predicted octanol–water partition coefficient (Wildman–Crippen LogP) is 4.42. The van der Waals surface area contributed by atoms with E-state index in [0.29, 0.717) is 26.5 Å². The number of nitrogens with two attached hydrogens (primary N) is 1. The number of nitrogen functional groups attached to an aromatic ring is 1. The van der Waals surface area contributed by atoms with Crippen LogP contribution in [0.1, 0.15) is 0 Å². The molecule has 4 nitrogen and oxygen atoms in total. The third kappa shape index (κ3) is 3.15. The first-order valence-corrected chi connectivity index (χ1v) is 6.27. The van der Waals surface area contributed by atoms with Crippen LogP contribution in [0.25, 0.3) is 0 Å². The van der Waals surface area contributed by atoms with Crippen molar-refractivity contribution in [2.45, 2.75) is 0 Å². The molecular formula is C12H9Cl3N2O2. The van der Waals surface area contributed by atoms with Gasteiger partial charge in [0.1, 0.15) is 5.75 Å². The SMILES string of the molecule is COc1nc(Oc2cc(Cl)c(Cl)cc2Cl)ccc1N. The Morgan fingerprint density at radius 3 is 2.42 bits per heavy atom. The number of ether oxygens (including phenoxy) is 2. The summed E-state index contributed by atoms with van der Waals surface area (Å²) in [5.41, 5.74) is 6.07. The van der Waals surface area contributed by atoms with E-state index in [1.807, 2.05) is 0 Å². The fourth-order valence-corrected chi connectivity index (χ4v) is 1.93. The molecule has 0 saturated heterocycles. The number of hydrogen-bond donors (Lipinski definition) is 1. The quantitative estimate of drug-likeness (QED) is 0.851.